The average molecular weight is 484 g/mol. The normalized spacial score (nSPS) is 17.2. The Kier molecular flexibility index (Phi) is 6.73. The van der Waals surface area contributed by atoms with Gasteiger partial charge in [-0.2, -0.15) is 0 Å². The van der Waals surface area contributed by atoms with Gasteiger partial charge in [0.05, 0.1) is 25.2 Å². The Hall–Kier alpha value is -4.10. The Balaban J connectivity index is 1.61. The summed E-state index contributed by atoms with van der Waals surface area (Å²) >= 11 is 0. The number of methoxy groups -OCH3 is 1. The van der Waals surface area contributed by atoms with E-state index in [9.17, 15) is 9.59 Å². The lowest BCUT2D eigenvalue weighted by atomic mass is 9.79. The number of amides is 2. The number of hydrogen-bond acceptors (Lipinski definition) is 4. The summed E-state index contributed by atoms with van der Waals surface area (Å²) in [5.41, 5.74) is 3.78. The van der Waals surface area contributed by atoms with Crippen LogP contribution in [0.4, 0.5) is 5.69 Å². The highest BCUT2D eigenvalue weighted by Gasteiger charge is 2.44. The predicted octanol–water partition coefficient (Wildman–Crippen LogP) is 5.13. The molecule has 2 N–H and O–H groups in total. The topological polar surface area (TPSA) is 83.7 Å². The summed E-state index contributed by atoms with van der Waals surface area (Å²) in [6.07, 6.45) is 1.91. The van der Waals surface area contributed by atoms with Crippen molar-refractivity contribution in [3.05, 3.63) is 95.7 Å². The molecule has 1 aromatic heterocycles. The fourth-order valence-corrected chi connectivity index (χ4v) is 5.02. The summed E-state index contributed by atoms with van der Waals surface area (Å²) in [7, 11) is 1.61. The first-order valence-corrected chi connectivity index (χ1v) is 12.1. The van der Waals surface area contributed by atoms with Gasteiger partial charge in [-0.3, -0.25) is 9.59 Å². The highest BCUT2D eigenvalue weighted by Crippen LogP contribution is 2.45. The molecule has 0 bridgehead atoms. The first kappa shape index (κ1) is 23.6. The van der Waals surface area contributed by atoms with E-state index < -0.39 is 12.0 Å². The predicted molar refractivity (Wildman–Crippen MR) is 139 cm³/mol. The number of fused-ring (bicyclic) bond motifs is 2. The van der Waals surface area contributed by atoms with Crippen LogP contribution in [0.15, 0.2) is 79.0 Å². The van der Waals surface area contributed by atoms with E-state index in [1.54, 1.807) is 18.1 Å². The van der Waals surface area contributed by atoms with E-state index in [1.165, 1.54) is 0 Å². The third kappa shape index (κ3) is 4.33. The van der Waals surface area contributed by atoms with E-state index in [2.05, 4.69) is 10.3 Å². The standard InChI is InChI=1S/C29H29N3O4/c1-3-36-20-14-12-19(13-15-20)31-28(33)26-22-9-4-5-10-23(22)29(34)32(16-17-35-2)27(26)24-18-30-25-11-7-6-8-21(24)25/h4-15,18,26-27,30H,3,16-17H2,1-2H3,(H,31,33)/t26-,27-/m0/s1. The zero-order valence-corrected chi connectivity index (χ0v) is 20.4. The van der Waals surface area contributed by atoms with Crippen LogP contribution >= 0.6 is 0 Å². The molecule has 2 heterocycles. The molecule has 0 aliphatic carbocycles. The molecule has 0 spiro atoms. The van der Waals surface area contributed by atoms with Gasteiger partial charge in [-0.05, 0) is 48.9 Å². The minimum absolute atomic E-state index is 0.108. The summed E-state index contributed by atoms with van der Waals surface area (Å²) in [5, 5.41) is 4.06. The highest BCUT2D eigenvalue weighted by atomic mass is 16.5. The van der Waals surface area contributed by atoms with Crippen molar-refractivity contribution in [2.24, 2.45) is 0 Å². The number of ether oxygens (including phenoxy) is 2. The van der Waals surface area contributed by atoms with Gasteiger partial charge < -0.3 is 24.7 Å². The molecule has 7 heteroatoms. The number of benzene rings is 3. The Labute approximate surface area is 210 Å². The highest BCUT2D eigenvalue weighted by molar-refractivity contribution is 6.05. The number of H-pyrrole nitrogens is 1. The van der Waals surface area contributed by atoms with Gasteiger partial charge in [0.1, 0.15) is 5.75 Å². The van der Waals surface area contributed by atoms with Crippen LogP contribution < -0.4 is 10.1 Å². The largest absolute Gasteiger partial charge is 0.494 e. The van der Waals surface area contributed by atoms with E-state index in [4.69, 9.17) is 9.47 Å². The second-order valence-electron chi connectivity index (χ2n) is 8.74. The summed E-state index contributed by atoms with van der Waals surface area (Å²) < 4.78 is 10.9. The van der Waals surface area contributed by atoms with Crippen molar-refractivity contribution < 1.29 is 19.1 Å². The van der Waals surface area contributed by atoms with Gasteiger partial charge in [0, 0.05) is 47.6 Å². The van der Waals surface area contributed by atoms with Crippen LogP contribution in [0.1, 0.15) is 40.4 Å². The Morgan fingerprint density at radius 2 is 1.75 bits per heavy atom. The zero-order chi connectivity index (χ0) is 25.1. The number of rotatable bonds is 8. The second kappa shape index (κ2) is 10.3. The van der Waals surface area contributed by atoms with Gasteiger partial charge in [-0.15, -0.1) is 0 Å². The van der Waals surface area contributed by atoms with Gasteiger partial charge in [-0.1, -0.05) is 36.4 Å². The van der Waals surface area contributed by atoms with E-state index in [0.29, 0.717) is 31.0 Å². The summed E-state index contributed by atoms with van der Waals surface area (Å²) in [4.78, 5) is 32.8. The van der Waals surface area contributed by atoms with Crippen molar-refractivity contribution >= 4 is 28.4 Å². The Morgan fingerprint density at radius 3 is 2.53 bits per heavy atom. The lowest BCUT2D eigenvalue weighted by Gasteiger charge is -2.41. The van der Waals surface area contributed by atoms with Crippen LogP contribution in [0.2, 0.25) is 0 Å². The maximum Gasteiger partial charge on any atom is 0.254 e. The van der Waals surface area contributed by atoms with Crippen LogP contribution in [0, 0.1) is 0 Å². The van der Waals surface area contributed by atoms with Crippen LogP contribution in [0.25, 0.3) is 10.9 Å². The lowest BCUT2D eigenvalue weighted by molar-refractivity contribution is -0.119. The molecule has 2 amide bonds. The first-order chi connectivity index (χ1) is 17.6. The third-order valence-corrected chi connectivity index (χ3v) is 6.63. The molecule has 1 aliphatic rings. The summed E-state index contributed by atoms with van der Waals surface area (Å²) in [6.45, 7) is 3.22. The average Bonchev–Trinajstić information content (AvgIpc) is 3.33. The maximum absolute atomic E-state index is 14.0. The Morgan fingerprint density at radius 1 is 1.00 bits per heavy atom. The molecule has 0 fully saturated rings. The van der Waals surface area contributed by atoms with Crippen molar-refractivity contribution in [2.75, 3.05) is 32.2 Å². The molecule has 0 unspecified atom stereocenters. The number of carbonyl (C=O) groups is 2. The third-order valence-electron chi connectivity index (χ3n) is 6.63. The minimum atomic E-state index is -0.624. The lowest BCUT2D eigenvalue weighted by Crippen LogP contribution is -2.47. The molecular weight excluding hydrogens is 454 g/mol. The molecule has 5 rings (SSSR count). The second-order valence-corrected chi connectivity index (χ2v) is 8.74. The number of hydrogen-bond donors (Lipinski definition) is 2. The summed E-state index contributed by atoms with van der Waals surface area (Å²) in [6, 6.07) is 22.1. The quantitative estimate of drug-likeness (QED) is 0.364. The first-order valence-electron chi connectivity index (χ1n) is 12.1. The van der Waals surface area contributed by atoms with Gasteiger partial charge in [0.15, 0.2) is 0 Å². The molecule has 7 nitrogen and oxygen atoms in total. The van der Waals surface area contributed by atoms with Gasteiger partial charge >= 0.3 is 0 Å². The van der Waals surface area contributed by atoms with Gasteiger partial charge in [0.2, 0.25) is 5.91 Å². The number of aromatic amines is 1. The molecule has 1 aliphatic heterocycles. The van der Waals surface area contributed by atoms with Crippen LogP contribution in [0.5, 0.6) is 5.75 Å². The van der Waals surface area contributed by atoms with Crippen molar-refractivity contribution in [1.82, 2.24) is 9.88 Å². The SMILES string of the molecule is CCOc1ccc(NC(=O)[C@H]2c3ccccc3C(=O)N(CCOC)[C@H]2c2c[nH]c3ccccc23)cc1. The maximum atomic E-state index is 14.0. The van der Waals surface area contributed by atoms with Crippen molar-refractivity contribution in [1.29, 1.82) is 0 Å². The molecular formula is C29H29N3O4. The number of nitrogens with zero attached hydrogens (tertiary/aromatic N) is 1. The zero-order valence-electron chi connectivity index (χ0n) is 20.4. The number of anilines is 1. The molecule has 36 heavy (non-hydrogen) atoms. The van der Waals surface area contributed by atoms with Crippen molar-refractivity contribution in [2.45, 2.75) is 18.9 Å². The van der Waals surface area contributed by atoms with Crippen LogP contribution in [0.3, 0.4) is 0 Å². The molecule has 3 aromatic carbocycles. The smallest absolute Gasteiger partial charge is 0.254 e. The van der Waals surface area contributed by atoms with E-state index in [0.717, 1.165) is 27.8 Å². The van der Waals surface area contributed by atoms with Crippen LogP contribution in [-0.4, -0.2) is 48.6 Å². The minimum Gasteiger partial charge on any atom is -0.494 e. The fourth-order valence-electron chi connectivity index (χ4n) is 5.02. The molecule has 0 saturated carbocycles. The monoisotopic (exact) mass is 483 g/mol. The van der Waals surface area contributed by atoms with Gasteiger partial charge in [0.25, 0.3) is 5.91 Å². The molecule has 2 atom stereocenters. The molecule has 0 saturated heterocycles. The van der Waals surface area contributed by atoms with E-state index in [-0.39, 0.29) is 11.8 Å². The number of para-hydroxylation sites is 1. The number of carbonyl (C=O) groups excluding carboxylic acids is 2. The Bertz CT molecular complexity index is 1380. The molecule has 0 radical (unpaired) electrons. The van der Waals surface area contributed by atoms with E-state index >= 15 is 0 Å². The van der Waals surface area contributed by atoms with Crippen molar-refractivity contribution in [3.8, 4) is 5.75 Å². The number of nitrogens with one attached hydrogen (secondary N) is 2. The molecule has 184 valence electrons. The number of aromatic nitrogens is 1. The fraction of sp³-hybridized carbons (Fsp3) is 0.241. The van der Waals surface area contributed by atoms with Gasteiger partial charge in [-0.25, -0.2) is 0 Å². The molecule has 4 aromatic rings. The van der Waals surface area contributed by atoms with E-state index in [1.807, 2.05) is 79.9 Å². The van der Waals surface area contributed by atoms with Crippen molar-refractivity contribution in [3.63, 3.8) is 0 Å². The summed E-state index contributed by atoms with van der Waals surface area (Å²) in [5.74, 6) is -0.173. The van der Waals surface area contributed by atoms with Crippen LogP contribution in [-0.2, 0) is 9.53 Å².